The minimum Gasteiger partial charge on any atom is -0.397 e. The molecule has 12 rings (SSSR count). The number of fused-ring (bicyclic) bond motifs is 3. The van der Waals surface area contributed by atoms with Crippen molar-refractivity contribution in [2.24, 2.45) is 35.0 Å². The lowest BCUT2D eigenvalue weighted by Crippen LogP contribution is -2.38. The Labute approximate surface area is 555 Å². The van der Waals surface area contributed by atoms with Crippen LogP contribution in [-0.4, -0.2) is 193 Å². The number of hydrogen-bond donors (Lipinski definition) is 10. The molecule has 27 heteroatoms. The molecule has 0 radical (unpaired) electrons. The lowest BCUT2D eigenvalue weighted by atomic mass is 9.89. The van der Waals surface area contributed by atoms with Crippen LogP contribution in [0.2, 0.25) is 0 Å². The zero-order chi connectivity index (χ0) is 68.3. The van der Waals surface area contributed by atoms with E-state index in [1.807, 2.05) is 122 Å². The molecule has 0 saturated carbocycles. The van der Waals surface area contributed by atoms with Gasteiger partial charge in [-0.1, -0.05) is 91.0 Å². The number of ether oxygens (including phenoxy) is 3. The van der Waals surface area contributed by atoms with Crippen LogP contribution in [0.1, 0.15) is 68.5 Å². The molecule has 96 heavy (non-hydrogen) atoms. The lowest BCUT2D eigenvalue weighted by molar-refractivity contribution is -0.123. The number of rotatable bonds is 25. The highest BCUT2D eigenvalue weighted by Crippen LogP contribution is 2.41. The predicted octanol–water partition coefficient (Wildman–Crippen LogP) is 2.98. The smallest absolute Gasteiger partial charge is 0.164 e. The number of anilines is 3. The lowest BCUT2D eigenvalue weighted by Gasteiger charge is -2.22. The summed E-state index contributed by atoms with van der Waals surface area (Å²) in [6.07, 6.45) is 3.17. The van der Waals surface area contributed by atoms with Gasteiger partial charge in [-0.05, 0) is 68.0 Å². The van der Waals surface area contributed by atoms with Crippen LogP contribution in [0.15, 0.2) is 147 Å². The molecular formula is C69H87N15O12. The van der Waals surface area contributed by atoms with E-state index in [1.54, 1.807) is 51.0 Å². The minimum absolute atomic E-state index is 0.000902. The van der Waals surface area contributed by atoms with Crippen molar-refractivity contribution in [2.45, 2.75) is 126 Å². The van der Waals surface area contributed by atoms with Crippen molar-refractivity contribution in [1.29, 1.82) is 0 Å². The zero-order valence-electron chi connectivity index (χ0n) is 54.2. The number of imidazole rings is 3. The second-order valence-electron chi connectivity index (χ2n) is 24.7. The minimum atomic E-state index is -1.05. The molecule has 0 amide bonds. The fraction of sp³-hybridized carbons (Fsp3) is 0.435. The highest BCUT2D eigenvalue weighted by Gasteiger charge is 2.49. The van der Waals surface area contributed by atoms with E-state index >= 15 is 0 Å². The van der Waals surface area contributed by atoms with E-state index in [0.717, 1.165) is 41.2 Å². The maximum atomic E-state index is 12.9. The summed E-state index contributed by atoms with van der Waals surface area (Å²) in [5.41, 5.74) is 33.1. The summed E-state index contributed by atoms with van der Waals surface area (Å²) in [6.45, 7) is 4.84. The fourth-order valence-corrected chi connectivity index (χ4v) is 13.0. The first-order valence-electron chi connectivity index (χ1n) is 32.3. The highest BCUT2D eigenvalue weighted by atomic mass is 16.6. The number of carbonyl (C=O) groups is 3. The maximum absolute atomic E-state index is 12.9. The molecule has 27 nitrogen and oxygen atoms in total. The van der Waals surface area contributed by atoms with Crippen molar-refractivity contribution >= 4 is 67.9 Å². The van der Waals surface area contributed by atoms with Gasteiger partial charge in [0.05, 0.1) is 92.3 Å². The van der Waals surface area contributed by atoms with Gasteiger partial charge in [-0.25, -0.2) is 29.9 Å². The normalized spacial score (nSPS) is 24.1. The van der Waals surface area contributed by atoms with Crippen molar-refractivity contribution < 1.29 is 59.2 Å². The number of benzene rings is 3. The average Bonchev–Trinajstić information content (AvgIpc) is 1.63. The molecule has 14 N–H and O–H groups in total. The second kappa shape index (κ2) is 32.0. The first kappa shape index (κ1) is 70.3. The van der Waals surface area contributed by atoms with Crippen molar-refractivity contribution in [2.75, 3.05) is 62.5 Å². The van der Waals surface area contributed by atoms with E-state index in [1.165, 1.54) is 6.33 Å². The Morgan fingerprint density at radius 3 is 1.11 bits per heavy atom. The molecule has 3 aliphatic rings. The summed E-state index contributed by atoms with van der Waals surface area (Å²) in [6, 6.07) is 32.0. The molecule has 15 atom stereocenters. The maximum Gasteiger partial charge on any atom is 0.164 e. The van der Waals surface area contributed by atoms with Crippen LogP contribution in [0, 0.1) is 17.8 Å². The molecule has 6 aromatic heterocycles. The van der Waals surface area contributed by atoms with Gasteiger partial charge in [0, 0.05) is 82.8 Å². The number of aliphatic hydroxyl groups excluding tert-OH is 6. The fourth-order valence-electron chi connectivity index (χ4n) is 13.0. The van der Waals surface area contributed by atoms with E-state index in [-0.39, 0.29) is 56.4 Å². The van der Waals surface area contributed by atoms with E-state index < -0.39 is 91.2 Å². The quantitative estimate of drug-likeness (QED) is 0.0393. The number of hydrogen-bond acceptors (Lipinski definition) is 24. The zero-order valence-corrected chi connectivity index (χ0v) is 54.2. The number of Topliss-reactive ketones (excluding diaryl/α,β-unsaturated/α-hetero) is 3. The van der Waals surface area contributed by atoms with Crippen LogP contribution >= 0.6 is 0 Å². The van der Waals surface area contributed by atoms with Crippen molar-refractivity contribution in [3.63, 3.8) is 0 Å². The molecule has 0 aliphatic carbocycles. The van der Waals surface area contributed by atoms with Gasteiger partial charge in [-0.2, -0.15) is 0 Å². The van der Waals surface area contributed by atoms with Gasteiger partial charge in [0.1, 0.15) is 52.2 Å². The molecule has 0 spiro atoms. The standard InChI is InChI=1S/C25H33N5O4.C23H29N5O4.C21H25N5O4/c1-3-29(4-2)19-10-11-27-24-22(19)28-15-30(24)25-23(33)17(21(14-31)34-25)13-20(32)18(26)12-16-8-6-5-7-9-16;1-27(2)17-8-9-25-22-20(17)26-13-28(22)23-21(31)15(19(12-29)32-23)11-18(30)16(24)10-14-6-4-3-5-7-14;22-14-6-7-24-20-18(14)25-11-26(20)21-19(29)13(17(10-27)30-21)9-16(28)15(23)8-12-4-2-1-3-5-12/h5-11,15,17-18,21,23,25,31,33H,3-4,12-14,26H2,1-2H3;3-9,13,15-16,19,21,23,29,31H,10-12,24H2,1-2H3;1-7,11,13,15,17,19,21,27,29H,8-10,23H2,(H2,22,24)/t17-,18-,21+,23?,25+;15-,16-,19+,21?,23+;13-,15-,17+,19?,21+/m000/s1. The first-order chi connectivity index (χ1) is 46.4. The summed E-state index contributed by atoms with van der Waals surface area (Å²) < 4.78 is 22.8. The Morgan fingerprint density at radius 1 is 0.469 bits per heavy atom. The average molecular weight is 1320 g/mol. The van der Waals surface area contributed by atoms with Gasteiger partial charge in [0.2, 0.25) is 0 Å². The van der Waals surface area contributed by atoms with Crippen molar-refractivity contribution in [1.82, 2.24) is 43.6 Å². The summed E-state index contributed by atoms with van der Waals surface area (Å²) in [4.78, 5) is 69.0. The van der Waals surface area contributed by atoms with Crippen LogP contribution in [-0.2, 0) is 47.9 Å². The number of aromatic nitrogens is 9. The van der Waals surface area contributed by atoms with Gasteiger partial charge in [0.25, 0.3) is 0 Å². The van der Waals surface area contributed by atoms with Gasteiger partial charge >= 0.3 is 0 Å². The third kappa shape index (κ3) is 15.5. The number of nitrogens with two attached hydrogens (primary N) is 4. The van der Waals surface area contributed by atoms with Crippen LogP contribution in [0.25, 0.3) is 33.5 Å². The number of carbonyl (C=O) groups excluding carboxylic acids is 3. The van der Waals surface area contributed by atoms with E-state index in [2.05, 4.69) is 48.7 Å². The van der Waals surface area contributed by atoms with Gasteiger partial charge < -0.3 is 77.6 Å². The van der Waals surface area contributed by atoms with E-state index in [9.17, 15) is 45.0 Å². The van der Waals surface area contributed by atoms with Crippen LogP contribution < -0.4 is 32.7 Å². The Bertz CT molecular complexity index is 4010. The molecule has 9 aromatic rings. The number of ketones is 3. The van der Waals surface area contributed by atoms with Crippen LogP contribution in [0.4, 0.5) is 17.1 Å². The Kier molecular flexibility index (Phi) is 23.4. The summed E-state index contributed by atoms with van der Waals surface area (Å²) in [5, 5.41) is 62.7. The molecule has 3 aliphatic heterocycles. The largest absolute Gasteiger partial charge is 0.397 e. The van der Waals surface area contributed by atoms with Gasteiger partial charge in [0.15, 0.2) is 35.6 Å². The SMILES string of the molecule is CCN(CC)c1ccnc2c1ncn2[C@@H]1O[C@H](CO)[C@H](CC(=O)[C@@H](N)Cc2ccccc2)C1O.CN(C)c1ccnc2c1ncn2[C@@H]1O[C@H](CO)[C@H](CC(=O)[C@@H](N)Cc2ccccc2)C1O.Nc1ccnc2c1ncn2[C@@H]1O[C@H](CO)[C@H](CC(=O)[C@@H](N)Cc2ccccc2)C1O. The topological polar surface area (TPSA) is 403 Å². The summed E-state index contributed by atoms with van der Waals surface area (Å²) in [5.74, 6) is -2.32. The van der Waals surface area contributed by atoms with Gasteiger partial charge in [-0.3, -0.25) is 28.1 Å². The van der Waals surface area contributed by atoms with Crippen molar-refractivity contribution in [3.05, 3.63) is 163 Å². The van der Waals surface area contributed by atoms with Crippen LogP contribution in [0.5, 0.6) is 0 Å². The third-order valence-corrected chi connectivity index (χ3v) is 18.3. The Hall–Kier alpha value is -8.55. The highest BCUT2D eigenvalue weighted by molar-refractivity contribution is 5.88. The summed E-state index contributed by atoms with van der Waals surface area (Å²) in [7, 11) is 3.83. The molecule has 510 valence electrons. The predicted molar refractivity (Wildman–Crippen MR) is 360 cm³/mol. The second-order valence-corrected chi connectivity index (χ2v) is 24.7. The monoisotopic (exact) mass is 1320 g/mol. The third-order valence-electron chi connectivity index (χ3n) is 18.3. The Morgan fingerprint density at radius 2 is 0.781 bits per heavy atom. The van der Waals surface area contributed by atoms with Gasteiger partial charge in [-0.15, -0.1) is 0 Å². The first-order valence-corrected chi connectivity index (χ1v) is 32.3. The molecule has 9 heterocycles. The van der Waals surface area contributed by atoms with Crippen molar-refractivity contribution in [3.8, 4) is 0 Å². The van der Waals surface area contributed by atoms with E-state index in [0.29, 0.717) is 58.4 Å². The molecule has 0 bridgehead atoms. The van der Waals surface area contributed by atoms with Crippen LogP contribution in [0.3, 0.4) is 0 Å². The number of aliphatic hydroxyl groups is 6. The number of pyridine rings is 3. The molecule has 3 aromatic carbocycles. The molecule has 3 fully saturated rings. The molecule has 3 unspecified atom stereocenters. The van der Waals surface area contributed by atoms with E-state index in [4.69, 9.17) is 37.1 Å². The molecule has 3 saturated heterocycles. The molecular weight excluding hydrogens is 1230 g/mol. The number of nitrogens with zero attached hydrogens (tertiary/aromatic N) is 11. The Balaban J connectivity index is 0.000000157. The summed E-state index contributed by atoms with van der Waals surface area (Å²) >= 11 is 0. The number of nitrogen functional groups attached to an aromatic ring is 1.